The van der Waals surface area contributed by atoms with Gasteiger partial charge < -0.3 is 5.32 Å². The third-order valence-corrected chi connectivity index (χ3v) is 3.45. The van der Waals surface area contributed by atoms with E-state index < -0.39 is 0 Å². The first-order valence-corrected chi connectivity index (χ1v) is 6.41. The third-order valence-electron chi connectivity index (χ3n) is 3.19. The second-order valence-corrected chi connectivity index (χ2v) is 4.95. The molecular formula is C14H16ClN3O. The van der Waals surface area contributed by atoms with Crippen LogP contribution in [0.15, 0.2) is 30.5 Å². The molecule has 0 aliphatic carbocycles. The maximum atomic E-state index is 12.1. The Morgan fingerprint density at radius 1 is 1.37 bits per heavy atom. The number of aryl methyl sites for hydroxylation is 1. The SMILES string of the molecule is Cc1c(C(C)NC(=O)c2ccc(Cl)cc2)cnn1C. The topological polar surface area (TPSA) is 46.9 Å². The normalized spacial score (nSPS) is 12.2. The summed E-state index contributed by atoms with van der Waals surface area (Å²) < 4.78 is 1.79. The number of hydrogen-bond acceptors (Lipinski definition) is 2. The molecule has 5 heteroatoms. The van der Waals surface area contributed by atoms with E-state index in [1.165, 1.54) is 0 Å². The molecule has 100 valence electrons. The molecule has 1 aromatic heterocycles. The molecule has 0 aliphatic heterocycles. The summed E-state index contributed by atoms with van der Waals surface area (Å²) in [5.41, 5.74) is 2.66. The lowest BCUT2D eigenvalue weighted by Gasteiger charge is -2.13. The smallest absolute Gasteiger partial charge is 0.251 e. The molecule has 0 spiro atoms. The number of rotatable bonds is 3. The quantitative estimate of drug-likeness (QED) is 0.938. The van der Waals surface area contributed by atoms with E-state index in [2.05, 4.69) is 10.4 Å². The lowest BCUT2D eigenvalue weighted by Crippen LogP contribution is -2.26. The first-order valence-electron chi connectivity index (χ1n) is 6.04. The number of benzene rings is 1. The van der Waals surface area contributed by atoms with Gasteiger partial charge in [0.05, 0.1) is 12.2 Å². The van der Waals surface area contributed by atoms with E-state index in [1.54, 1.807) is 35.1 Å². The summed E-state index contributed by atoms with van der Waals surface area (Å²) in [4.78, 5) is 12.1. The predicted octanol–water partition coefficient (Wildman–Crippen LogP) is 2.87. The molecule has 0 saturated carbocycles. The molecule has 1 unspecified atom stereocenters. The van der Waals surface area contributed by atoms with Crippen LogP contribution in [0.3, 0.4) is 0 Å². The molecular weight excluding hydrogens is 262 g/mol. The van der Waals surface area contributed by atoms with Gasteiger partial charge in [-0.1, -0.05) is 11.6 Å². The van der Waals surface area contributed by atoms with E-state index in [4.69, 9.17) is 11.6 Å². The highest BCUT2D eigenvalue weighted by molar-refractivity contribution is 6.30. The van der Waals surface area contributed by atoms with Crippen LogP contribution >= 0.6 is 11.6 Å². The summed E-state index contributed by atoms with van der Waals surface area (Å²) in [5, 5.41) is 7.75. The summed E-state index contributed by atoms with van der Waals surface area (Å²) in [6.07, 6.45) is 1.78. The van der Waals surface area contributed by atoms with Crippen molar-refractivity contribution in [2.24, 2.45) is 7.05 Å². The number of carbonyl (C=O) groups excluding carboxylic acids is 1. The van der Waals surface area contributed by atoms with Crippen molar-refractivity contribution >= 4 is 17.5 Å². The van der Waals surface area contributed by atoms with E-state index in [0.29, 0.717) is 10.6 Å². The van der Waals surface area contributed by atoms with Gasteiger partial charge in [-0.25, -0.2) is 0 Å². The molecule has 19 heavy (non-hydrogen) atoms. The number of halogens is 1. The molecule has 1 aromatic carbocycles. The number of nitrogens with one attached hydrogen (secondary N) is 1. The highest BCUT2D eigenvalue weighted by Crippen LogP contribution is 2.17. The van der Waals surface area contributed by atoms with Crippen LogP contribution in [0.1, 0.15) is 34.6 Å². The van der Waals surface area contributed by atoms with Crippen molar-refractivity contribution in [3.63, 3.8) is 0 Å². The first kappa shape index (κ1) is 13.6. The molecule has 0 radical (unpaired) electrons. The Morgan fingerprint density at radius 3 is 2.53 bits per heavy atom. The number of aromatic nitrogens is 2. The van der Waals surface area contributed by atoms with Crippen molar-refractivity contribution in [1.29, 1.82) is 0 Å². The maximum absolute atomic E-state index is 12.1. The molecule has 2 rings (SSSR count). The summed E-state index contributed by atoms with van der Waals surface area (Å²) in [5.74, 6) is -0.118. The van der Waals surface area contributed by atoms with E-state index in [9.17, 15) is 4.79 Å². The molecule has 0 bridgehead atoms. The van der Waals surface area contributed by atoms with Crippen molar-refractivity contribution in [1.82, 2.24) is 15.1 Å². The lowest BCUT2D eigenvalue weighted by atomic mass is 10.1. The average Bonchev–Trinajstić information content (AvgIpc) is 2.70. The fourth-order valence-electron chi connectivity index (χ4n) is 1.90. The van der Waals surface area contributed by atoms with Crippen LogP contribution in [-0.2, 0) is 7.05 Å². The molecule has 1 heterocycles. The van der Waals surface area contributed by atoms with Crippen LogP contribution in [0, 0.1) is 6.92 Å². The fraction of sp³-hybridized carbons (Fsp3) is 0.286. The minimum absolute atomic E-state index is 0.0862. The van der Waals surface area contributed by atoms with Crippen molar-refractivity contribution < 1.29 is 4.79 Å². The maximum Gasteiger partial charge on any atom is 0.251 e. The number of hydrogen-bond donors (Lipinski definition) is 1. The minimum atomic E-state index is -0.118. The summed E-state index contributed by atoms with van der Waals surface area (Å²) in [7, 11) is 1.88. The molecule has 1 N–H and O–H groups in total. The number of carbonyl (C=O) groups is 1. The van der Waals surface area contributed by atoms with E-state index in [-0.39, 0.29) is 11.9 Å². The van der Waals surface area contributed by atoms with Gasteiger partial charge in [-0.3, -0.25) is 9.48 Å². The molecule has 4 nitrogen and oxygen atoms in total. The van der Waals surface area contributed by atoms with Crippen LogP contribution in [-0.4, -0.2) is 15.7 Å². The molecule has 2 aromatic rings. The highest BCUT2D eigenvalue weighted by Gasteiger charge is 2.15. The average molecular weight is 278 g/mol. The Balaban J connectivity index is 2.10. The van der Waals surface area contributed by atoms with Crippen LogP contribution in [0.5, 0.6) is 0 Å². The van der Waals surface area contributed by atoms with Gasteiger partial charge in [0.2, 0.25) is 0 Å². The van der Waals surface area contributed by atoms with Gasteiger partial charge in [0.15, 0.2) is 0 Å². The second kappa shape index (κ2) is 5.45. The van der Waals surface area contributed by atoms with Crippen molar-refractivity contribution in [3.05, 3.63) is 52.3 Å². The minimum Gasteiger partial charge on any atom is -0.345 e. The Morgan fingerprint density at radius 2 is 2.00 bits per heavy atom. The van der Waals surface area contributed by atoms with Crippen LogP contribution in [0.4, 0.5) is 0 Å². The largest absolute Gasteiger partial charge is 0.345 e. The van der Waals surface area contributed by atoms with E-state index in [1.807, 2.05) is 20.9 Å². The van der Waals surface area contributed by atoms with Crippen LogP contribution in [0.25, 0.3) is 0 Å². The standard InChI is InChI=1S/C14H16ClN3O/c1-9(13-8-16-18(3)10(13)2)17-14(19)11-4-6-12(15)7-5-11/h4-9H,1-3H3,(H,17,19). The molecule has 1 atom stereocenters. The molecule has 0 saturated heterocycles. The zero-order valence-electron chi connectivity index (χ0n) is 11.1. The van der Waals surface area contributed by atoms with E-state index >= 15 is 0 Å². The Hall–Kier alpha value is -1.81. The van der Waals surface area contributed by atoms with E-state index in [0.717, 1.165) is 11.3 Å². The number of amides is 1. The lowest BCUT2D eigenvalue weighted by molar-refractivity contribution is 0.0940. The molecule has 0 fully saturated rings. The Labute approximate surface area is 117 Å². The van der Waals surface area contributed by atoms with Crippen LogP contribution in [0.2, 0.25) is 5.02 Å². The first-order chi connectivity index (χ1) is 8.99. The highest BCUT2D eigenvalue weighted by atomic mass is 35.5. The zero-order chi connectivity index (χ0) is 14.0. The van der Waals surface area contributed by atoms with Crippen LogP contribution < -0.4 is 5.32 Å². The predicted molar refractivity (Wildman–Crippen MR) is 75.3 cm³/mol. The summed E-state index contributed by atoms with van der Waals surface area (Å²) >= 11 is 5.80. The third kappa shape index (κ3) is 2.96. The summed E-state index contributed by atoms with van der Waals surface area (Å²) in [6.45, 7) is 3.92. The van der Waals surface area contributed by atoms with Crippen molar-refractivity contribution in [3.8, 4) is 0 Å². The molecule has 1 amide bonds. The number of nitrogens with zero attached hydrogens (tertiary/aromatic N) is 2. The van der Waals surface area contributed by atoms with Gasteiger partial charge in [-0.2, -0.15) is 5.10 Å². The van der Waals surface area contributed by atoms with Gasteiger partial charge in [0.25, 0.3) is 5.91 Å². The zero-order valence-corrected chi connectivity index (χ0v) is 11.9. The fourth-order valence-corrected chi connectivity index (χ4v) is 2.03. The Bertz CT molecular complexity index is 589. The van der Waals surface area contributed by atoms with Crippen molar-refractivity contribution in [2.45, 2.75) is 19.9 Å². The second-order valence-electron chi connectivity index (χ2n) is 4.51. The van der Waals surface area contributed by atoms with Crippen molar-refractivity contribution in [2.75, 3.05) is 0 Å². The monoisotopic (exact) mass is 277 g/mol. The van der Waals surface area contributed by atoms with Gasteiger partial charge in [-0.05, 0) is 38.1 Å². The van der Waals surface area contributed by atoms with Gasteiger partial charge in [-0.15, -0.1) is 0 Å². The van der Waals surface area contributed by atoms with Gasteiger partial charge in [0.1, 0.15) is 0 Å². The molecule has 0 aliphatic rings. The Kier molecular flexibility index (Phi) is 3.90. The van der Waals surface area contributed by atoms with Gasteiger partial charge >= 0.3 is 0 Å². The van der Waals surface area contributed by atoms with Gasteiger partial charge in [0, 0.05) is 28.9 Å². The summed E-state index contributed by atoms with van der Waals surface area (Å²) in [6, 6.07) is 6.74.